The molecule has 5 heteroatoms. The Morgan fingerprint density at radius 3 is 2.60 bits per heavy atom. The van der Waals surface area contributed by atoms with Crippen molar-refractivity contribution in [2.75, 3.05) is 24.7 Å². The van der Waals surface area contributed by atoms with Crippen LogP contribution in [-0.4, -0.2) is 28.5 Å². The average Bonchev–Trinajstić information content (AvgIpc) is 2.76. The highest BCUT2D eigenvalue weighted by Crippen LogP contribution is 2.27. The molecule has 3 aromatic rings. The summed E-state index contributed by atoms with van der Waals surface area (Å²) >= 11 is 0. The molecule has 3 rings (SSSR count). The predicted molar refractivity (Wildman–Crippen MR) is 81.9 cm³/mol. The lowest BCUT2D eigenvalue weighted by molar-refractivity contribution is 1.09. The molecule has 0 aliphatic heterocycles. The predicted octanol–water partition coefficient (Wildman–Crippen LogP) is 2.35. The summed E-state index contributed by atoms with van der Waals surface area (Å²) < 4.78 is 1.91. The Balaban J connectivity index is 2.17. The molecule has 2 N–H and O–H groups in total. The van der Waals surface area contributed by atoms with Crippen molar-refractivity contribution in [3.63, 3.8) is 0 Å². The highest BCUT2D eigenvalue weighted by Gasteiger charge is 2.12. The van der Waals surface area contributed by atoms with Crippen LogP contribution in [0.25, 0.3) is 16.9 Å². The van der Waals surface area contributed by atoms with Crippen molar-refractivity contribution < 1.29 is 0 Å². The van der Waals surface area contributed by atoms with Crippen LogP contribution in [0.1, 0.15) is 5.69 Å². The first kappa shape index (κ1) is 12.5. The number of nitrogens with two attached hydrogens (primary N) is 1. The Bertz CT molecular complexity index is 756. The van der Waals surface area contributed by atoms with E-state index in [1.54, 1.807) is 6.20 Å². The van der Waals surface area contributed by atoms with E-state index in [0.717, 1.165) is 28.3 Å². The number of aromatic nitrogens is 3. The fraction of sp³-hybridized carbons (Fsp3) is 0.200. The minimum atomic E-state index is 0.634. The molecule has 5 nitrogen and oxygen atoms in total. The van der Waals surface area contributed by atoms with Gasteiger partial charge in [0.15, 0.2) is 0 Å². The number of rotatable bonds is 2. The van der Waals surface area contributed by atoms with Gasteiger partial charge in [0.2, 0.25) is 0 Å². The normalized spacial score (nSPS) is 10.9. The van der Waals surface area contributed by atoms with Crippen LogP contribution >= 0.6 is 0 Å². The lowest BCUT2D eigenvalue weighted by Gasteiger charge is -2.12. The van der Waals surface area contributed by atoms with Gasteiger partial charge in [0.25, 0.3) is 0 Å². The van der Waals surface area contributed by atoms with Crippen LogP contribution in [0.3, 0.4) is 0 Å². The lowest BCUT2D eigenvalue weighted by Crippen LogP contribution is -2.09. The van der Waals surface area contributed by atoms with Gasteiger partial charge in [-0.3, -0.25) is 9.38 Å². The molecule has 0 unspecified atom stereocenters. The van der Waals surface area contributed by atoms with E-state index in [9.17, 15) is 0 Å². The Morgan fingerprint density at radius 2 is 1.95 bits per heavy atom. The van der Waals surface area contributed by atoms with Crippen molar-refractivity contribution in [1.82, 2.24) is 14.4 Å². The SMILES string of the molecule is Cc1ccc(-c2nc3ccc(N(C)C)cn3c2N)cn1. The van der Waals surface area contributed by atoms with Gasteiger partial charge in [-0.25, -0.2) is 4.98 Å². The van der Waals surface area contributed by atoms with Gasteiger partial charge in [0, 0.05) is 37.7 Å². The van der Waals surface area contributed by atoms with Crippen LogP contribution in [0.4, 0.5) is 11.5 Å². The quantitative estimate of drug-likeness (QED) is 0.774. The van der Waals surface area contributed by atoms with Gasteiger partial charge in [-0.05, 0) is 31.2 Å². The summed E-state index contributed by atoms with van der Waals surface area (Å²) in [7, 11) is 4.00. The molecule has 0 aliphatic rings. The number of nitrogen functional groups attached to an aromatic ring is 1. The van der Waals surface area contributed by atoms with Gasteiger partial charge in [-0.2, -0.15) is 0 Å². The fourth-order valence-electron chi connectivity index (χ4n) is 2.14. The van der Waals surface area contributed by atoms with Gasteiger partial charge >= 0.3 is 0 Å². The van der Waals surface area contributed by atoms with E-state index in [1.165, 1.54) is 0 Å². The van der Waals surface area contributed by atoms with Gasteiger partial charge in [-0.15, -0.1) is 0 Å². The summed E-state index contributed by atoms with van der Waals surface area (Å²) in [4.78, 5) is 10.9. The number of nitrogens with zero attached hydrogens (tertiary/aromatic N) is 4. The molecule has 20 heavy (non-hydrogen) atoms. The molecule has 0 radical (unpaired) electrons. The first-order valence-electron chi connectivity index (χ1n) is 6.44. The highest BCUT2D eigenvalue weighted by atomic mass is 15.1. The Morgan fingerprint density at radius 1 is 1.15 bits per heavy atom. The molecule has 0 saturated carbocycles. The standard InChI is InChI=1S/C15H17N5/c1-10-4-5-11(8-17-10)14-15(16)20-9-12(19(2)3)6-7-13(20)18-14/h4-9H,16H2,1-3H3. The molecule has 0 bridgehead atoms. The van der Waals surface area contributed by atoms with Crippen LogP contribution in [0, 0.1) is 6.92 Å². The average molecular weight is 267 g/mol. The fourth-order valence-corrected chi connectivity index (χ4v) is 2.14. The van der Waals surface area contributed by atoms with E-state index < -0.39 is 0 Å². The van der Waals surface area contributed by atoms with Crippen molar-refractivity contribution in [2.45, 2.75) is 6.92 Å². The molecule has 3 heterocycles. The van der Waals surface area contributed by atoms with Crippen molar-refractivity contribution in [3.8, 4) is 11.3 Å². The third-order valence-electron chi connectivity index (χ3n) is 3.34. The van der Waals surface area contributed by atoms with Crippen LogP contribution in [-0.2, 0) is 0 Å². The van der Waals surface area contributed by atoms with E-state index in [0.29, 0.717) is 5.82 Å². The largest absolute Gasteiger partial charge is 0.383 e. The number of imidazole rings is 1. The number of aryl methyl sites for hydroxylation is 1. The van der Waals surface area contributed by atoms with E-state index >= 15 is 0 Å². The Labute approximate surface area is 117 Å². The summed E-state index contributed by atoms with van der Waals surface area (Å²) in [6.07, 6.45) is 3.79. The van der Waals surface area contributed by atoms with Crippen molar-refractivity contribution in [1.29, 1.82) is 0 Å². The second kappa shape index (κ2) is 4.52. The third kappa shape index (κ3) is 1.97. The second-order valence-corrected chi connectivity index (χ2v) is 5.04. The molecule has 0 atom stereocenters. The molecular weight excluding hydrogens is 250 g/mol. The number of hydrogen-bond donors (Lipinski definition) is 1. The molecule has 0 saturated heterocycles. The summed E-state index contributed by atoms with van der Waals surface area (Å²) in [6.45, 7) is 1.96. The molecule has 102 valence electrons. The molecule has 0 aliphatic carbocycles. The molecule has 0 aromatic carbocycles. The third-order valence-corrected chi connectivity index (χ3v) is 3.34. The number of pyridine rings is 2. The van der Waals surface area contributed by atoms with E-state index in [4.69, 9.17) is 5.73 Å². The number of anilines is 2. The molecular formula is C15H17N5. The monoisotopic (exact) mass is 267 g/mol. The zero-order valence-electron chi connectivity index (χ0n) is 11.8. The van der Waals surface area contributed by atoms with Crippen LogP contribution in [0.15, 0.2) is 36.7 Å². The summed E-state index contributed by atoms with van der Waals surface area (Å²) in [5.41, 5.74) is 10.8. The molecule has 0 spiro atoms. The van der Waals surface area contributed by atoms with Gasteiger partial charge in [0.1, 0.15) is 17.2 Å². The smallest absolute Gasteiger partial charge is 0.139 e. The maximum absolute atomic E-state index is 6.23. The van der Waals surface area contributed by atoms with Crippen molar-refractivity contribution in [3.05, 3.63) is 42.4 Å². The number of hydrogen-bond acceptors (Lipinski definition) is 4. The van der Waals surface area contributed by atoms with Gasteiger partial charge in [-0.1, -0.05) is 0 Å². The van der Waals surface area contributed by atoms with E-state index in [1.807, 2.05) is 60.8 Å². The van der Waals surface area contributed by atoms with E-state index in [2.05, 4.69) is 9.97 Å². The highest BCUT2D eigenvalue weighted by molar-refractivity contribution is 5.75. The van der Waals surface area contributed by atoms with Crippen LogP contribution in [0.2, 0.25) is 0 Å². The number of fused-ring (bicyclic) bond motifs is 1. The maximum atomic E-state index is 6.23. The van der Waals surface area contributed by atoms with Gasteiger partial charge in [0.05, 0.1) is 5.69 Å². The van der Waals surface area contributed by atoms with Gasteiger partial charge < -0.3 is 10.6 Å². The van der Waals surface area contributed by atoms with Crippen LogP contribution < -0.4 is 10.6 Å². The van der Waals surface area contributed by atoms with E-state index in [-0.39, 0.29) is 0 Å². The summed E-state index contributed by atoms with van der Waals surface area (Å²) in [5.74, 6) is 0.634. The summed E-state index contributed by atoms with van der Waals surface area (Å²) in [6, 6.07) is 7.95. The lowest BCUT2D eigenvalue weighted by atomic mass is 10.2. The Kier molecular flexibility index (Phi) is 2.82. The maximum Gasteiger partial charge on any atom is 0.139 e. The Hall–Kier alpha value is -2.56. The van der Waals surface area contributed by atoms with Crippen molar-refractivity contribution >= 4 is 17.2 Å². The zero-order valence-corrected chi connectivity index (χ0v) is 11.8. The summed E-state index contributed by atoms with van der Waals surface area (Å²) in [5, 5.41) is 0. The molecule has 3 aromatic heterocycles. The van der Waals surface area contributed by atoms with Crippen molar-refractivity contribution in [2.24, 2.45) is 0 Å². The minimum absolute atomic E-state index is 0.634. The second-order valence-electron chi connectivity index (χ2n) is 5.04. The molecule has 0 fully saturated rings. The van der Waals surface area contributed by atoms with Crippen LogP contribution in [0.5, 0.6) is 0 Å². The molecule has 0 amide bonds. The minimum Gasteiger partial charge on any atom is -0.383 e. The first-order chi connectivity index (χ1) is 9.56. The topological polar surface area (TPSA) is 59.5 Å². The first-order valence-corrected chi connectivity index (χ1v) is 6.44. The zero-order chi connectivity index (χ0) is 14.3.